The molecule has 0 saturated heterocycles. The van der Waals surface area contributed by atoms with Crippen molar-refractivity contribution in [2.75, 3.05) is 6.54 Å². The van der Waals surface area contributed by atoms with Gasteiger partial charge in [-0.1, -0.05) is 37.0 Å². The second-order valence-electron chi connectivity index (χ2n) is 11.3. The highest BCUT2D eigenvalue weighted by Gasteiger charge is 2.49. The lowest BCUT2D eigenvalue weighted by Crippen LogP contribution is -2.56. The Kier molecular flexibility index (Phi) is 7.81. The average Bonchev–Trinajstić information content (AvgIpc) is 3.29. The van der Waals surface area contributed by atoms with Crippen LogP contribution in [0.15, 0.2) is 18.6 Å². The van der Waals surface area contributed by atoms with Gasteiger partial charge in [-0.25, -0.2) is 0 Å². The molecule has 2 aromatic heterocycles. The van der Waals surface area contributed by atoms with Gasteiger partial charge < -0.3 is 10.0 Å². The van der Waals surface area contributed by atoms with E-state index in [-0.39, 0.29) is 41.3 Å². The van der Waals surface area contributed by atoms with Gasteiger partial charge in [-0.3, -0.25) is 24.0 Å². The van der Waals surface area contributed by atoms with Gasteiger partial charge in [0.25, 0.3) is 5.91 Å². The lowest BCUT2D eigenvalue weighted by atomic mass is 9.66. The van der Waals surface area contributed by atoms with E-state index < -0.39 is 64.6 Å². The van der Waals surface area contributed by atoms with Gasteiger partial charge in [0, 0.05) is 18.4 Å². The van der Waals surface area contributed by atoms with Crippen LogP contribution in [0.25, 0.3) is 0 Å². The largest absolute Gasteiger partial charge is 0.481 e. The minimum Gasteiger partial charge on any atom is -0.481 e. The Morgan fingerprint density at radius 3 is 2.10 bits per heavy atom. The number of amides is 1. The monoisotopic (exact) mass is 588 g/mol. The van der Waals surface area contributed by atoms with Crippen LogP contribution in [0.2, 0.25) is 10.0 Å². The van der Waals surface area contributed by atoms with Gasteiger partial charge in [-0.15, -0.1) is 0 Å². The molecule has 1 amide bonds. The summed E-state index contributed by atoms with van der Waals surface area (Å²) in [7, 11) is 0. The summed E-state index contributed by atoms with van der Waals surface area (Å²) in [5.74, 6) is -2.58. The van der Waals surface area contributed by atoms with Crippen LogP contribution >= 0.6 is 23.2 Å². The molecule has 2 saturated carbocycles. The molecular weight excluding hydrogens is 560 g/mol. The number of Topliss-reactive ketones (excluding diaryl/α,β-unsaturated/α-hetero) is 1. The number of nitrogens with zero attached hydrogens (tertiary/aromatic N) is 4. The molecule has 1 atom stereocenters. The Bertz CT molecular complexity index is 1280. The minimum absolute atomic E-state index is 0.0257. The van der Waals surface area contributed by atoms with Crippen LogP contribution in [-0.4, -0.2) is 55.0 Å². The number of carboxylic acid groups (broad SMARTS) is 1. The molecule has 2 fully saturated rings. The number of alkyl halides is 3. The number of carboxylic acids is 1. The lowest BCUT2D eigenvalue weighted by molar-refractivity contribution is -0.152. The smallest absolute Gasteiger partial charge is 0.433 e. The second kappa shape index (κ2) is 10.4. The predicted molar refractivity (Wildman–Crippen MR) is 137 cm³/mol. The van der Waals surface area contributed by atoms with Gasteiger partial charge in [-0.2, -0.15) is 18.3 Å². The summed E-state index contributed by atoms with van der Waals surface area (Å²) in [6.07, 6.45) is 0.351. The first-order valence-corrected chi connectivity index (χ1v) is 13.3. The Hall–Kier alpha value is -2.66. The van der Waals surface area contributed by atoms with Crippen LogP contribution in [-0.2, 0) is 11.0 Å². The first kappa shape index (κ1) is 29.3. The highest BCUT2D eigenvalue weighted by atomic mass is 35.5. The highest BCUT2D eigenvalue weighted by Crippen LogP contribution is 2.46. The van der Waals surface area contributed by atoms with Gasteiger partial charge in [0.2, 0.25) is 0 Å². The fraction of sp³-hybridized carbons (Fsp3) is 0.577. The van der Waals surface area contributed by atoms with Crippen molar-refractivity contribution in [2.24, 2.45) is 10.8 Å². The number of ketones is 1. The van der Waals surface area contributed by atoms with Crippen molar-refractivity contribution in [3.05, 3.63) is 45.5 Å². The normalized spacial score (nSPS) is 24.6. The summed E-state index contributed by atoms with van der Waals surface area (Å²) in [5.41, 5.74) is -3.37. The molecule has 0 radical (unpaired) electrons. The lowest BCUT2D eigenvalue weighted by Gasteiger charge is -2.50. The van der Waals surface area contributed by atoms with E-state index in [4.69, 9.17) is 23.2 Å². The Morgan fingerprint density at radius 1 is 1.05 bits per heavy atom. The third kappa shape index (κ3) is 5.52. The molecular formula is C26H29Cl2F3N4O4. The summed E-state index contributed by atoms with van der Waals surface area (Å²) in [5, 5.41) is 13.4. The topological polar surface area (TPSA) is 105 Å². The van der Waals surface area contributed by atoms with Crippen molar-refractivity contribution >= 4 is 40.9 Å². The fourth-order valence-corrected chi connectivity index (χ4v) is 6.17. The molecule has 39 heavy (non-hydrogen) atoms. The maximum atomic E-state index is 14.4. The molecule has 13 heteroatoms. The van der Waals surface area contributed by atoms with E-state index in [0.29, 0.717) is 6.42 Å². The number of hydrogen-bond donors (Lipinski definition) is 1. The molecule has 4 rings (SSSR count). The van der Waals surface area contributed by atoms with Gasteiger partial charge in [0.15, 0.2) is 11.5 Å². The van der Waals surface area contributed by atoms with Crippen LogP contribution < -0.4 is 0 Å². The van der Waals surface area contributed by atoms with Gasteiger partial charge in [0.05, 0.1) is 45.4 Å². The predicted octanol–water partition coefficient (Wildman–Crippen LogP) is 6.32. The Morgan fingerprint density at radius 2 is 1.64 bits per heavy atom. The Balaban J connectivity index is 1.70. The van der Waals surface area contributed by atoms with E-state index >= 15 is 0 Å². The van der Waals surface area contributed by atoms with E-state index in [1.165, 1.54) is 12.4 Å². The van der Waals surface area contributed by atoms with Crippen LogP contribution in [0.1, 0.15) is 91.7 Å². The molecule has 1 N–H and O–H groups in total. The maximum absolute atomic E-state index is 14.4. The van der Waals surface area contributed by atoms with Crippen LogP contribution in [0, 0.1) is 10.8 Å². The first-order chi connectivity index (χ1) is 18.1. The SMILES string of the molecule is CC1(C(=O)O)CCC(n2ncc(C(=O)N(CC(=O)c3c(Cl)cncc3Cl)C3CCC3(C)C)c2C(F)(F)F)CC1. The van der Waals surface area contributed by atoms with E-state index in [2.05, 4.69) is 10.1 Å². The molecule has 212 valence electrons. The fourth-order valence-electron chi connectivity index (χ4n) is 5.59. The summed E-state index contributed by atoms with van der Waals surface area (Å²) in [6, 6.07) is -1.22. The standard InChI is InChI=1S/C26H29Cl2F3N4O4/c1-24(2)7-6-19(24)34(13-18(36)20-16(27)11-32-12-17(20)28)22(37)15-10-33-35(21(15)26(29,30)31)14-4-8-25(3,9-5-14)23(38)39/h10-12,14,19H,4-9,13H2,1-3H3,(H,38,39). The van der Waals surface area contributed by atoms with Gasteiger partial charge in [-0.05, 0) is 50.9 Å². The number of carbonyl (C=O) groups excluding carboxylic acids is 2. The number of pyridine rings is 1. The average molecular weight is 589 g/mol. The van der Waals surface area contributed by atoms with Crippen molar-refractivity contribution in [1.29, 1.82) is 0 Å². The summed E-state index contributed by atoms with van der Waals surface area (Å²) in [4.78, 5) is 43.7. The molecule has 2 aromatic rings. The molecule has 0 bridgehead atoms. The first-order valence-electron chi connectivity index (χ1n) is 12.6. The highest BCUT2D eigenvalue weighted by molar-refractivity contribution is 6.39. The minimum atomic E-state index is -4.92. The number of aliphatic carboxylic acids is 1. The number of hydrogen-bond acceptors (Lipinski definition) is 5. The maximum Gasteiger partial charge on any atom is 0.433 e. The zero-order chi connectivity index (χ0) is 28.9. The third-order valence-corrected chi connectivity index (χ3v) is 8.84. The molecule has 1 unspecified atom stereocenters. The number of rotatable bonds is 7. The van der Waals surface area contributed by atoms with Crippen LogP contribution in [0.3, 0.4) is 0 Å². The van der Waals surface area contributed by atoms with Crippen molar-refractivity contribution in [3.63, 3.8) is 0 Å². The summed E-state index contributed by atoms with van der Waals surface area (Å²) < 4.78 is 44.2. The Labute approximate surface area is 233 Å². The van der Waals surface area contributed by atoms with Crippen molar-refractivity contribution in [2.45, 2.75) is 77.6 Å². The number of carbonyl (C=O) groups is 3. The van der Waals surface area contributed by atoms with Crippen LogP contribution in [0.5, 0.6) is 0 Å². The molecule has 0 aromatic carbocycles. The van der Waals surface area contributed by atoms with Crippen molar-refractivity contribution in [1.82, 2.24) is 19.7 Å². The number of halogens is 5. The van der Waals surface area contributed by atoms with E-state index in [1.54, 1.807) is 6.92 Å². The quantitative estimate of drug-likeness (QED) is 0.379. The van der Waals surface area contributed by atoms with Gasteiger partial charge in [0.1, 0.15) is 0 Å². The molecule has 8 nitrogen and oxygen atoms in total. The van der Waals surface area contributed by atoms with Crippen molar-refractivity contribution in [3.8, 4) is 0 Å². The molecule has 0 spiro atoms. The zero-order valence-corrected chi connectivity index (χ0v) is 23.2. The molecule has 2 aliphatic carbocycles. The number of aromatic nitrogens is 3. The van der Waals surface area contributed by atoms with Gasteiger partial charge >= 0.3 is 12.1 Å². The molecule has 0 aliphatic heterocycles. The molecule has 2 heterocycles. The molecule has 2 aliphatic rings. The van der Waals surface area contributed by atoms with E-state index in [9.17, 15) is 32.7 Å². The zero-order valence-electron chi connectivity index (χ0n) is 21.7. The third-order valence-electron chi connectivity index (χ3n) is 8.26. The second-order valence-corrected chi connectivity index (χ2v) is 12.1. The summed E-state index contributed by atoms with van der Waals surface area (Å²) >= 11 is 12.3. The van der Waals surface area contributed by atoms with Crippen molar-refractivity contribution < 1.29 is 32.7 Å². The summed E-state index contributed by atoms with van der Waals surface area (Å²) in [6.45, 7) is 4.81. The van der Waals surface area contributed by atoms with Crippen LogP contribution in [0.4, 0.5) is 13.2 Å². The van der Waals surface area contributed by atoms with E-state index in [1.807, 2.05) is 13.8 Å². The van der Waals surface area contributed by atoms with E-state index in [0.717, 1.165) is 22.2 Å².